The lowest BCUT2D eigenvalue weighted by Gasteiger charge is -2.25. The van der Waals surface area contributed by atoms with Crippen molar-refractivity contribution in [2.24, 2.45) is 0 Å². The van der Waals surface area contributed by atoms with Crippen molar-refractivity contribution >= 4 is 5.91 Å². The van der Waals surface area contributed by atoms with Gasteiger partial charge in [-0.15, -0.1) is 0 Å². The Hall–Kier alpha value is -1.87. The molecule has 0 spiro atoms. The van der Waals surface area contributed by atoms with Crippen LogP contribution >= 0.6 is 0 Å². The molecule has 0 radical (unpaired) electrons. The summed E-state index contributed by atoms with van der Waals surface area (Å²) in [5.74, 6) is -0.0169. The molecule has 0 saturated carbocycles. The van der Waals surface area contributed by atoms with E-state index in [1.54, 1.807) is 0 Å². The second-order valence-electron chi connectivity index (χ2n) is 5.03. The number of rotatable bonds is 6. The van der Waals surface area contributed by atoms with Crippen molar-refractivity contribution in [3.8, 4) is 0 Å². The van der Waals surface area contributed by atoms with Crippen molar-refractivity contribution in [3.63, 3.8) is 0 Å². The third-order valence-corrected chi connectivity index (χ3v) is 3.58. The molecule has 1 atom stereocenters. The van der Waals surface area contributed by atoms with E-state index in [1.807, 2.05) is 35.2 Å². The van der Waals surface area contributed by atoms with Crippen molar-refractivity contribution in [3.05, 3.63) is 60.7 Å². The number of carbonyl (C=O) groups is 1. The molecule has 3 nitrogen and oxygen atoms in total. The Balaban J connectivity index is 1.82. The normalized spacial score (nSPS) is 18.0. The SMILES string of the molecule is C=CC(=O)N1CCC[C@H]1C(=C)COCc1ccccc1. The molecule has 0 N–H and O–H groups in total. The summed E-state index contributed by atoms with van der Waals surface area (Å²) >= 11 is 0. The van der Waals surface area contributed by atoms with Gasteiger partial charge in [0.25, 0.3) is 0 Å². The van der Waals surface area contributed by atoms with Crippen LogP contribution in [-0.4, -0.2) is 30.0 Å². The van der Waals surface area contributed by atoms with Gasteiger partial charge in [-0.3, -0.25) is 4.79 Å². The number of amides is 1. The molecule has 1 heterocycles. The molecule has 1 amide bonds. The topological polar surface area (TPSA) is 29.5 Å². The van der Waals surface area contributed by atoms with Gasteiger partial charge in [-0.1, -0.05) is 43.5 Å². The number of hydrogen-bond acceptors (Lipinski definition) is 2. The Bertz CT molecular complexity index is 481. The Kier molecular flexibility index (Phi) is 5.13. The summed E-state index contributed by atoms with van der Waals surface area (Å²) in [5.41, 5.74) is 2.11. The fourth-order valence-electron chi connectivity index (χ4n) is 2.54. The summed E-state index contributed by atoms with van der Waals surface area (Å²) in [7, 11) is 0. The highest BCUT2D eigenvalue weighted by Gasteiger charge is 2.29. The van der Waals surface area contributed by atoms with Crippen LogP contribution in [0.3, 0.4) is 0 Å². The Morgan fingerprint density at radius 3 is 2.85 bits per heavy atom. The molecular formula is C17H21NO2. The second-order valence-corrected chi connectivity index (χ2v) is 5.03. The van der Waals surface area contributed by atoms with Crippen molar-refractivity contribution in [2.75, 3.05) is 13.2 Å². The molecule has 1 fully saturated rings. The zero-order valence-corrected chi connectivity index (χ0v) is 11.8. The van der Waals surface area contributed by atoms with E-state index in [4.69, 9.17) is 4.74 Å². The molecule has 1 aliphatic rings. The fourth-order valence-corrected chi connectivity index (χ4v) is 2.54. The maximum Gasteiger partial charge on any atom is 0.246 e. The monoisotopic (exact) mass is 271 g/mol. The van der Waals surface area contributed by atoms with Crippen LogP contribution in [0.1, 0.15) is 18.4 Å². The summed E-state index contributed by atoms with van der Waals surface area (Å²) < 4.78 is 5.69. The molecule has 2 rings (SSSR count). The number of ether oxygens (including phenoxy) is 1. The van der Waals surface area contributed by atoms with Gasteiger partial charge < -0.3 is 9.64 Å². The lowest BCUT2D eigenvalue weighted by molar-refractivity contribution is -0.126. The predicted octanol–water partition coefficient (Wildman–Crippen LogP) is 2.94. The van der Waals surface area contributed by atoms with Crippen LogP contribution in [0.25, 0.3) is 0 Å². The van der Waals surface area contributed by atoms with Gasteiger partial charge >= 0.3 is 0 Å². The van der Waals surface area contributed by atoms with Gasteiger partial charge in [0.2, 0.25) is 5.91 Å². The van der Waals surface area contributed by atoms with E-state index >= 15 is 0 Å². The first-order valence-corrected chi connectivity index (χ1v) is 6.94. The third kappa shape index (κ3) is 3.58. The maximum atomic E-state index is 11.8. The van der Waals surface area contributed by atoms with E-state index in [9.17, 15) is 4.79 Å². The fraction of sp³-hybridized carbons (Fsp3) is 0.353. The van der Waals surface area contributed by atoms with E-state index in [0.717, 1.165) is 30.5 Å². The average Bonchev–Trinajstić information content (AvgIpc) is 2.97. The first-order valence-electron chi connectivity index (χ1n) is 6.94. The highest BCUT2D eigenvalue weighted by atomic mass is 16.5. The van der Waals surface area contributed by atoms with E-state index in [2.05, 4.69) is 13.2 Å². The molecule has 1 aromatic carbocycles. The van der Waals surface area contributed by atoms with Crippen molar-refractivity contribution in [2.45, 2.75) is 25.5 Å². The molecule has 20 heavy (non-hydrogen) atoms. The standard InChI is InChI=1S/C17H21NO2/c1-3-17(19)18-11-7-10-16(18)14(2)12-20-13-15-8-5-4-6-9-15/h3-6,8-9,16H,1-2,7,10-13H2/t16-/m0/s1. The van der Waals surface area contributed by atoms with Crippen molar-refractivity contribution in [1.29, 1.82) is 0 Å². The molecule has 3 heteroatoms. The minimum Gasteiger partial charge on any atom is -0.372 e. The van der Waals surface area contributed by atoms with Crippen molar-refractivity contribution in [1.82, 2.24) is 4.90 Å². The minimum atomic E-state index is -0.0169. The van der Waals surface area contributed by atoms with Crippen LogP contribution in [0.15, 0.2) is 55.1 Å². The number of carbonyl (C=O) groups excluding carboxylic acids is 1. The van der Waals surface area contributed by atoms with Gasteiger partial charge in [0.1, 0.15) is 0 Å². The molecular weight excluding hydrogens is 250 g/mol. The summed E-state index contributed by atoms with van der Waals surface area (Å²) in [4.78, 5) is 13.6. The van der Waals surface area contributed by atoms with Crippen LogP contribution in [-0.2, 0) is 16.1 Å². The van der Waals surface area contributed by atoms with E-state index < -0.39 is 0 Å². The van der Waals surface area contributed by atoms with E-state index in [-0.39, 0.29) is 11.9 Å². The number of nitrogens with zero attached hydrogens (tertiary/aromatic N) is 1. The van der Waals surface area contributed by atoms with Crippen LogP contribution in [0, 0.1) is 0 Å². The first-order chi connectivity index (χ1) is 9.72. The lowest BCUT2D eigenvalue weighted by atomic mass is 10.1. The Morgan fingerprint density at radius 2 is 2.15 bits per heavy atom. The molecule has 0 aromatic heterocycles. The summed E-state index contributed by atoms with van der Waals surface area (Å²) in [6.45, 7) is 9.47. The number of hydrogen-bond donors (Lipinski definition) is 0. The number of benzene rings is 1. The van der Waals surface area contributed by atoms with Crippen LogP contribution in [0.5, 0.6) is 0 Å². The second kappa shape index (κ2) is 7.06. The lowest BCUT2D eigenvalue weighted by Crippen LogP contribution is -2.36. The quantitative estimate of drug-likeness (QED) is 0.588. The van der Waals surface area contributed by atoms with Crippen molar-refractivity contribution < 1.29 is 9.53 Å². The largest absolute Gasteiger partial charge is 0.372 e. The molecule has 0 aliphatic carbocycles. The third-order valence-electron chi connectivity index (χ3n) is 3.58. The molecule has 0 unspecified atom stereocenters. The van der Waals surface area contributed by atoms with E-state index in [1.165, 1.54) is 6.08 Å². The Morgan fingerprint density at radius 1 is 1.40 bits per heavy atom. The van der Waals surface area contributed by atoms with Gasteiger partial charge in [-0.25, -0.2) is 0 Å². The van der Waals surface area contributed by atoms with Gasteiger partial charge in [0.05, 0.1) is 19.3 Å². The zero-order chi connectivity index (χ0) is 14.4. The zero-order valence-electron chi connectivity index (χ0n) is 11.8. The highest BCUT2D eigenvalue weighted by molar-refractivity contribution is 5.87. The predicted molar refractivity (Wildman–Crippen MR) is 80.2 cm³/mol. The van der Waals surface area contributed by atoms with Gasteiger partial charge in [-0.05, 0) is 30.1 Å². The minimum absolute atomic E-state index is 0.0169. The van der Waals surface area contributed by atoms with Gasteiger partial charge in [-0.2, -0.15) is 0 Å². The van der Waals surface area contributed by atoms with Crippen LogP contribution in [0.2, 0.25) is 0 Å². The summed E-state index contributed by atoms with van der Waals surface area (Å²) in [5, 5.41) is 0. The maximum absolute atomic E-state index is 11.8. The Labute approximate surface area is 120 Å². The molecule has 1 saturated heterocycles. The highest BCUT2D eigenvalue weighted by Crippen LogP contribution is 2.23. The van der Waals surface area contributed by atoms with Crippen LogP contribution < -0.4 is 0 Å². The van der Waals surface area contributed by atoms with Gasteiger partial charge in [0, 0.05) is 6.54 Å². The summed E-state index contributed by atoms with van der Waals surface area (Å²) in [6, 6.07) is 10.1. The first kappa shape index (κ1) is 14.5. The molecule has 1 aliphatic heterocycles. The smallest absolute Gasteiger partial charge is 0.246 e. The molecule has 0 bridgehead atoms. The van der Waals surface area contributed by atoms with E-state index in [0.29, 0.717) is 13.2 Å². The van der Waals surface area contributed by atoms with Gasteiger partial charge in [0.15, 0.2) is 0 Å². The molecule has 1 aromatic rings. The molecule has 106 valence electrons. The average molecular weight is 271 g/mol. The summed E-state index contributed by atoms with van der Waals surface area (Å²) in [6.07, 6.45) is 3.35. The van der Waals surface area contributed by atoms with Crippen LogP contribution in [0.4, 0.5) is 0 Å². The number of likely N-dealkylation sites (tertiary alicyclic amines) is 1.